The number of imide groups is 2. The number of hydrogen-bond donors (Lipinski definition) is 3. The second-order valence-corrected chi connectivity index (χ2v) is 9.05. The molecule has 1 spiro atoms. The van der Waals surface area contributed by atoms with E-state index in [1.54, 1.807) is 12.1 Å². The van der Waals surface area contributed by atoms with Gasteiger partial charge in [0.25, 0.3) is 11.8 Å². The van der Waals surface area contributed by atoms with Crippen molar-refractivity contribution in [3.8, 4) is 0 Å². The van der Waals surface area contributed by atoms with Crippen molar-refractivity contribution >= 4 is 23.6 Å². The molecule has 3 N–H and O–H groups in total. The summed E-state index contributed by atoms with van der Waals surface area (Å²) in [4.78, 5) is 50.8. The Morgan fingerprint density at radius 2 is 1.97 bits per heavy atom. The van der Waals surface area contributed by atoms with Gasteiger partial charge in [0.2, 0.25) is 11.8 Å². The van der Waals surface area contributed by atoms with E-state index in [0.717, 1.165) is 30.0 Å². The molecular formula is C22H26N4O4. The van der Waals surface area contributed by atoms with E-state index in [2.05, 4.69) is 16.0 Å². The molecule has 3 aliphatic heterocycles. The predicted molar refractivity (Wildman–Crippen MR) is 108 cm³/mol. The summed E-state index contributed by atoms with van der Waals surface area (Å²) >= 11 is 0. The Kier molecular flexibility index (Phi) is 4.71. The van der Waals surface area contributed by atoms with Gasteiger partial charge in [-0.15, -0.1) is 0 Å². The highest BCUT2D eigenvalue weighted by molar-refractivity contribution is 6.24. The lowest BCUT2D eigenvalue weighted by Crippen LogP contribution is -2.54. The second kappa shape index (κ2) is 7.28. The number of piperidine rings is 2. The van der Waals surface area contributed by atoms with Gasteiger partial charge in [-0.3, -0.25) is 29.4 Å². The van der Waals surface area contributed by atoms with Crippen molar-refractivity contribution in [2.45, 2.75) is 57.2 Å². The molecule has 3 heterocycles. The third-order valence-corrected chi connectivity index (χ3v) is 7.12. The molecule has 1 aromatic rings. The Balaban J connectivity index is 1.33. The first-order chi connectivity index (χ1) is 14.5. The maximum Gasteiger partial charge on any atom is 0.262 e. The van der Waals surface area contributed by atoms with Gasteiger partial charge >= 0.3 is 0 Å². The van der Waals surface area contributed by atoms with Crippen LogP contribution in [0.4, 0.5) is 0 Å². The van der Waals surface area contributed by atoms with E-state index in [1.807, 2.05) is 6.07 Å². The van der Waals surface area contributed by atoms with Gasteiger partial charge < -0.3 is 10.6 Å². The number of carbonyl (C=O) groups is 4. The second-order valence-electron chi connectivity index (χ2n) is 9.05. The Bertz CT molecular complexity index is 939. The zero-order valence-corrected chi connectivity index (χ0v) is 16.8. The third-order valence-electron chi connectivity index (χ3n) is 7.12. The number of amides is 4. The predicted octanol–water partition coefficient (Wildman–Crippen LogP) is 0.710. The minimum atomic E-state index is -0.933. The van der Waals surface area contributed by atoms with Crippen LogP contribution in [0.5, 0.6) is 0 Å². The molecule has 3 fully saturated rings. The van der Waals surface area contributed by atoms with Crippen LogP contribution in [-0.4, -0.2) is 53.7 Å². The Morgan fingerprint density at radius 3 is 2.70 bits per heavy atom. The smallest absolute Gasteiger partial charge is 0.262 e. The quantitative estimate of drug-likeness (QED) is 0.631. The van der Waals surface area contributed by atoms with Gasteiger partial charge in [0.15, 0.2) is 0 Å². The number of benzene rings is 1. The van der Waals surface area contributed by atoms with Crippen molar-refractivity contribution in [1.82, 2.24) is 20.9 Å². The molecule has 0 bridgehead atoms. The number of fused-ring (bicyclic) bond motifs is 1. The number of rotatable bonds is 4. The molecule has 1 saturated carbocycles. The van der Waals surface area contributed by atoms with Gasteiger partial charge in [-0.2, -0.15) is 0 Å². The van der Waals surface area contributed by atoms with E-state index < -0.39 is 23.8 Å². The van der Waals surface area contributed by atoms with Crippen LogP contribution in [0, 0.1) is 5.41 Å². The van der Waals surface area contributed by atoms with E-state index in [4.69, 9.17) is 0 Å². The highest BCUT2D eigenvalue weighted by Gasteiger charge is 2.45. The third kappa shape index (κ3) is 3.15. The molecular weight excluding hydrogens is 384 g/mol. The van der Waals surface area contributed by atoms with E-state index in [9.17, 15) is 19.2 Å². The molecule has 2 unspecified atom stereocenters. The van der Waals surface area contributed by atoms with Crippen LogP contribution >= 0.6 is 0 Å². The maximum absolute atomic E-state index is 13.2. The summed E-state index contributed by atoms with van der Waals surface area (Å²) in [5.41, 5.74) is 1.90. The average molecular weight is 410 g/mol. The van der Waals surface area contributed by atoms with Crippen molar-refractivity contribution in [2.75, 3.05) is 13.1 Å². The number of hydrogen-bond acceptors (Lipinski definition) is 6. The van der Waals surface area contributed by atoms with Gasteiger partial charge in [0.1, 0.15) is 6.04 Å². The van der Waals surface area contributed by atoms with Crippen LogP contribution in [-0.2, 0) is 16.1 Å². The fourth-order valence-corrected chi connectivity index (χ4v) is 5.37. The minimum absolute atomic E-state index is 0.120. The van der Waals surface area contributed by atoms with Gasteiger partial charge in [-0.05, 0) is 42.7 Å². The lowest BCUT2D eigenvalue weighted by molar-refractivity contribution is -0.136. The van der Waals surface area contributed by atoms with Crippen molar-refractivity contribution in [3.63, 3.8) is 0 Å². The molecule has 1 aliphatic carbocycles. The molecule has 2 saturated heterocycles. The van der Waals surface area contributed by atoms with Crippen molar-refractivity contribution in [1.29, 1.82) is 0 Å². The molecule has 4 amide bonds. The number of carbonyl (C=O) groups excluding carboxylic acids is 4. The fraction of sp³-hybridized carbons (Fsp3) is 0.545. The van der Waals surface area contributed by atoms with Crippen LogP contribution in [0.25, 0.3) is 0 Å². The maximum atomic E-state index is 13.2. The van der Waals surface area contributed by atoms with Crippen LogP contribution < -0.4 is 16.0 Å². The molecule has 4 aliphatic rings. The zero-order chi connectivity index (χ0) is 20.9. The molecule has 2 atom stereocenters. The van der Waals surface area contributed by atoms with Gasteiger partial charge in [-0.1, -0.05) is 18.6 Å². The summed E-state index contributed by atoms with van der Waals surface area (Å²) in [6.45, 7) is 2.47. The molecule has 0 radical (unpaired) electrons. The summed E-state index contributed by atoms with van der Waals surface area (Å²) in [5.74, 6) is -1.86. The van der Waals surface area contributed by atoms with Gasteiger partial charge in [-0.25, -0.2) is 0 Å². The largest absolute Gasteiger partial charge is 0.315 e. The Labute approximate surface area is 174 Å². The Morgan fingerprint density at radius 1 is 1.13 bits per heavy atom. The van der Waals surface area contributed by atoms with Crippen LogP contribution in [0.3, 0.4) is 0 Å². The molecule has 0 aromatic heterocycles. The molecule has 30 heavy (non-hydrogen) atoms. The average Bonchev–Trinajstić information content (AvgIpc) is 2.97. The fourth-order valence-electron chi connectivity index (χ4n) is 5.37. The first kappa shape index (κ1) is 19.4. The van der Waals surface area contributed by atoms with Crippen LogP contribution in [0.1, 0.15) is 64.8 Å². The zero-order valence-electron chi connectivity index (χ0n) is 16.8. The van der Waals surface area contributed by atoms with Crippen LogP contribution in [0.2, 0.25) is 0 Å². The lowest BCUT2D eigenvalue weighted by Gasteiger charge is -2.48. The molecule has 5 rings (SSSR count). The van der Waals surface area contributed by atoms with E-state index in [-0.39, 0.29) is 18.7 Å². The van der Waals surface area contributed by atoms with Crippen molar-refractivity contribution in [2.24, 2.45) is 5.41 Å². The van der Waals surface area contributed by atoms with Gasteiger partial charge in [0.05, 0.1) is 11.1 Å². The van der Waals surface area contributed by atoms with Crippen LogP contribution in [0.15, 0.2) is 18.2 Å². The summed E-state index contributed by atoms with van der Waals surface area (Å²) < 4.78 is 0. The SMILES string of the molecule is O=C1CCC(N2C(=O)c3cccc(CNC4CNCC5(CCC5)C4)c3C2=O)C(=O)N1. The summed E-state index contributed by atoms with van der Waals surface area (Å²) in [6.07, 6.45) is 5.26. The normalized spacial score (nSPS) is 27.8. The van der Waals surface area contributed by atoms with Crippen molar-refractivity contribution < 1.29 is 19.2 Å². The summed E-state index contributed by atoms with van der Waals surface area (Å²) in [7, 11) is 0. The number of nitrogens with one attached hydrogen (secondary N) is 3. The standard InChI is InChI=1S/C22H26N4O4/c27-17-6-5-16(19(28)25-17)26-20(29)15-4-1-3-13(18(15)21(26)30)10-24-14-9-22(7-2-8-22)12-23-11-14/h1,3-4,14,16,23-24H,2,5-12H2,(H,25,27,28). The molecule has 158 valence electrons. The minimum Gasteiger partial charge on any atom is -0.315 e. The van der Waals surface area contributed by atoms with Gasteiger partial charge in [0, 0.05) is 32.1 Å². The van der Waals surface area contributed by atoms with E-state index >= 15 is 0 Å². The number of nitrogens with zero attached hydrogens (tertiary/aromatic N) is 1. The highest BCUT2D eigenvalue weighted by Crippen LogP contribution is 2.45. The molecule has 8 nitrogen and oxygen atoms in total. The topological polar surface area (TPSA) is 108 Å². The molecule has 8 heteroatoms. The lowest BCUT2D eigenvalue weighted by atomic mass is 9.64. The monoisotopic (exact) mass is 410 g/mol. The highest BCUT2D eigenvalue weighted by atomic mass is 16.2. The summed E-state index contributed by atoms with van der Waals surface area (Å²) in [5, 5.41) is 9.33. The molecule has 1 aromatic carbocycles. The Hall–Kier alpha value is -2.58. The van der Waals surface area contributed by atoms with E-state index in [0.29, 0.717) is 29.1 Å². The van der Waals surface area contributed by atoms with E-state index in [1.165, 1.54) is 19.3 Å². The summed E-state index contributed by atoms with van der Waals surface area (Å²) in [6, 6.07) is 4.67. The van der Waals surface area contributed by atoms with Crippen molar-refractivity contribution in [3.05, 3.63) is 34.9 Å². The first-order valence-corrected chi connectivity index (χ1v) is 10.8. The first-order valence-electron chi connectivity index (χ1n) is 10.8.